The fraction of sp³-hybridized carbons (Fsp3) is 0.389. The van der Waals surface area contributed by atoms with Gasteiger partial charge in [-0.2, -0.15) is 0 Å². The van der Waals surface area contributed by atoms with E-state index in [1.165, 1.54) is 17.0 Å². The zero-order valence-corrected chi connectivity index (χ0v) is 14.9. The normalized spacial score (nSPS) is 15.7. The van der Waals surface area contributed by atoms with Crippen LogP contribution in [0.1, 0.15) is 35.7 Å². The number of rotatable bonds is 6. The zero-order chi connectivity index (χ0) is 20.1. The molecule has 5 N–H and O–H groups in total. The van der Waals surface area contributed by atoms with Crippen LogP contribution >= 0.6 is 0 Å². The Bertz CT molecular complexity index is 766. The molecule has 0 saturated carbocycles. The van der Waals surface area contributed by atoms with Crippen molar-refractivity contribution in [2.24, 2.45) is 11.7 Å². The van der Waals surface area contributed by atoms with Crippen molar-refractivity contribution >= 4 is 29.4 Å². The topological polar surface area (TPSA) is 154 Å². The first-order chi connectivity index (χ1) is 12.7. The van der Waals surface area contributed by atoms with Gasteiger partial charge < -0.3 is 21.1 Å². The van der Waals surface area contributed by atoms with Crippen molar-refractivity contribution in [2.75, 3.05) is 13.1 Å². The molecule has 2 amide bonds. The van der Waals surface area contributed by atoms with Gasteiger partial charge in [0.1, 0.15) is 11.9 Å². The summed E-state index contributed by atoms with van der Waals surface area (Å²) < 4.78 is 0. The second-order valence-electron chi connectivity index (χ2n) is 6.46. The second-order valence-corrected chi connectivity index (χ2v) is 6.46. The summed E-state index contributed by atoms with van der Waals surface area (Å²) in [4.78, 5) is 48.5. The number of ketones is 1. The molecular weight excluding hydrogens is 352 g/mol. The van der Waals surface area contributed by atoms with Crippen LogP contribution in [-0.4, -0.2) is 58.5 Å². The number of hydrogen-bond donors (Lipinski definition) is 4. The van der Waals surface area contributed by atoms with Crippen molar-refractivity contribution in [1.29, 1.82) is 5.41 Å². The van der Waals surface area contributed by atoms with E-state index >= 15 is 0 Å². The first-order valence-electron chi connectivity index (χ1n) is 8.52. The smallest absolute Gasteiger partial charge is 0.372 e. The third-order valence-electron chi connectivity index (χ3n) is 4.56. The number of likely N-dealkylation sites (tertiary alicyclic amines) is 1. The maximum Gasteiger partial charge on any atom is 0.372 e. The predicted molar refractivity (Wildman–Crippen MR) is 96.3 cm³/mol. The molecule has 27 heavy (non-hydrogen) atoms. The molecule has 1 fully saturated rings. The predicted octanol–water partition coefficient (Wildman–Crippen LogP) is -0.0187. The molecule has 0 aliphatic carbocycles. The summed E-state index contributed by atoms with van der Waals surface area (Å²) in [7, 11) is 0. The summed E-state index contributed by atoms with van der Waals surface area (Å²) in [6, 6.07) is 5.37. The van der Waals surface area contributed by atoms with Crippen LogP contribution in [0.15, 0.2) is 24.3 Å². The van der Waals surface area contributed by atoms with Crippen LogP contribution in [-0.2, 0) is 14.4 Å². The Hall–Kier alpha value is -3.23. The van der Waals surface area contributed by atoms with Crippen molar-refractivity contribution in [1.82, 2.24) is 10.2 Å². The molecule has 1 aliphatic heterocycles. The van der Waals surface area contributed by atoms with E-state index in [9.17, 15) is 19.2 Å². The van der Waals surface area contributed by atoms with Crippen LogP contribution < -0.4 is 11.1 Å². The van der Waals surface area contributed by atoms with Crippen LogP contribution in [0.4, 0.5) is 0 Å². The molecule has 9 heteroatoms. The number of Topliss-reactive ketones (excluding diaryl/α,β-unsaturated/α-hetero) is 1. The van der Waals surface area contributed by atoms with Gasteiger partial charge in [0, 0.05) is 30.1 Å². The Morgan fingerprint density at radius 3 is 2.15 bits per heavy atom. The lowest BCUT2D eigenvalue weighted by Crippen LogP contribution is -2.50. The molecule has 0 aromatic heterocycles. The Labute approximate surface area is 156 Å². The van der Waals surface area contributed by atoms with Crippen LogP contribution in [0.2, 0.25) is 0 Å². The van der Waals surface area contributed by atoms with E-state index in [1.807, 2.05) is 0 Å². The summed E-state index contributed by atoms with van der Waals surface area (Å²) >= 11 is 0. The van der Waals surface area contributed by atoms with Crippen molar-refractivity contribution in [3.8, 4) is 0 Å². The third-order valence-corrected chi connectivity index (χ3v) is 4.56. The Morgan fingerprint density at radius 1 is 1.15 bits per heavy atom. The lowest BCUT2D eigenvalue weighted by Gasteiger charge is -2.32. The van der Waals surface area contributed by atoms with Gasteiger partial charge in [0.05, 0.1) is 0 Å². The molecule has 0 unspecified atom stereocenters. The molecule has 2 rings (SSSR count). The number of piperidine rings is 1. The molecule has 1 aromatic carbocycles. The van der Waals surface area contributed by atoms with Gasteiger partial charge in [-0.15, -0.1) is 0 Å². The van der Waals surface area contributed by atoms with Crippen molar-refractivity contribution in [3.05, 3.63) is 35.4 Å². The van der Waals surface area contributed by atoms with E-state index in [2.05, 4.69) is 5.32 Å². The van der Waals surface area contributed by atoms with Crippen molar-refractivity contribution < 1.29 is 24.3 Å². The standard InChI is InChI=1S/C18H22N4O5/c1-10(21-16(24)13-4-2-12(3-5-13)15(19)20)17(25)22-8-6-11(7-9-22)14(23)18(26)27/h2-5,10-11H,6-9H2,1H3,(H3,19,20)(H,21,24)(H,26,27)/t10-/m0/s1. The number of carboxylic acid groups (broad SMARTS) is 1. The molecule has 1 aromatic rings. The Kier molecular flexibility index (Phi) is 6.27. The number of amides is 2. The number of nitrogens with zero attached hydrogens (tertiary/aromatic N) is 1. The van der Waals surface area contributed by atoms with E-state index in [0.29, 0.717) is 24.0 Å². The van der Waals surface area contributed by atoms with Crippen LogP contribution in [0.25, 0.3) is 0 Å². The average Bonchev–Trinajstić information content (AvgIpc) is 2.66. The molecule has 0 bridgehead atoms. The fourth-order valence-corrected chi connectivity index (χ4v) is 2.95. The number of hydrogen-bond acceptors (Lipinski definition) is 5. The van der Waals surface area contributed by atoms with Crippen molar-refractivity contribution in [2.45, 2.75) is 25.8 Å². The third kappa shape index (κ3) is 4.90. The Morgan fingerprint density at radius 2 is 1.67 bits per heavy atom. The molecule has 1 heterocycles. The number of carbonyl (C=O) groups is 4. The van der Waals surface area contributed by atoms with Gasteiger partial charge in [0.2, 0.25) is 11.7 Å². The molecule has 1 aliphatic rings. The summed E-state index contributed by atoms with van der Waals surface area (Å²) in [5.74, 6) is -3.66. The number of nitrogens with one attached hydrogen (secondary N) is 2. The van der Waals surface area contributed by atoms with Gasteiger partial charge in [-0.1, -0.05) is 12.1 Å². The number of nitrogen functional groups attached to an aromatic ring is 1. The van der Waals surface area contributed by atoms with Gasteiger partial charge in [-0.05, 0) is 31.9 Å². The Balaban J connectivity index is 1.90. The highest BCUT2D eigenvalue weighted by molar-refractivity contribution is 6.33. The number of amidine groups is 1. The molecule has 1 saturated heterocycles. The molecule has 144 valence electrons. The number of carbonyl (C=O) groups excluding carboxylic acids is 3. The maximum atomic E-state index is 12.5. The lowest BCUT2D eigenvalue weighted by molar-refractivity contribution is -0.152. The molecular formula is C18H22N4O5. The summed E-state index contributed by atoms with van der Waals surface area (Å²) in [6.45, 7) is 2.12. The first kappa shape index (κ1) is 20.1. The number of carboxylic acids is 1. The molecule has 0 spiro atoms. The minimum absolute atomic E-state index is 0.102. The minimum Gasteiger partial charge on any atom is -0.475 e. The van der Waals surface area contributed by atoms with Gasteiger partial charge >= 0.3 is 5.97 Å². The van der Waals surface area contributed by atoms with Gasteiger partial charge in [0.25, 0.3) is 5.91 Å². The largest absolute Gasteiger partial charge is 0.475 e. The average molecular weight is 374 g/mol. The zero-order valence-electron chi connectivity index (χ0n) is 14.9. The maximum absolute atomic E-state index is 12.5. The number of aliphatic carboxylic acids is 1. The second kappa shape index (κ2) is 8.43. The molecule has 0 radical (unpaired) electrons. The molecule has 9 nitrogen and oxygen atoms in total. The van der Waals surface area contributed by atoms with E-state index in [0.717, 1.165) is 0 Å². The first-order valence-corrected chi connectivity index (χ1v) is 8.52. The number of nitrogens with two attached hydrogens (primary N) is 1. The van der Waals surface area contributed by atoms with Gasteiger partial charge in [-0.25, -0.2) is 4.79 Å². The van der Waals surface area contributed by atoms with Gasteiger partial charge in [0.15, 0.2) is 0 Å². The highest BCUT2D eigenvalue weighted by Crippen LogP contribution is 2.19. The van der Waals surface area contributed by atoms with Gasteiger partial charge in [-0.3, -0.25) is 19.8 Å². The van der Waals surface area contributed by atoms with E-state index in [1.54, 1.807) is 19.1 Å². The monoisotopic (exact) mass is 374 g/mol. The minimum atomic E-state index is -1.45. The summed E-state index contributed by atoms with van der Waals surface area (Å²) in [6.07, 6.45) is 0.591. The highest BCUT2D eigenvalue weighted by atomic mass is 16.4. The van der Waals surface area contributed by atoms with E-state index in [4.69, 9.17) is 16.2 Å². The highest BCUT2D eigenvalue weighted by Gasteiger charge is 2.32. The van der Waals surface area contributed by atoms with E-state index in [-0.39, 0.29) is 24.8 Å². The summed E-state index contributed by atoms with van der Waals surface area (Å²) in [5, 5.41) is 18.7. The quantitative estimate of drug-likeness (QED) is 0.312. The van der Waals surface area contributed by atoms with E-state index < -0.39 is 29.6 Å². The molecule has 1 atom stereocenters. The summed E-state index contributed by atoms with van der Waals surface area (Å²) in [5.41, 5.74) is 6.20. The van der Waals surface area contributed by atoms with Crippen LogP contribution in [0.5, 0.6) is 0 Å². The van der Waals surface area contributed by atoms with Crippen LogP contribution in [0.3, 0.4) is 0 Å². The van der Waals surface area contributed by atoms with Crippen LogP contribution in [0, 0.1) is 11.3 Å². The lowest BCUT2D eigenvalue weighted by atomic mass is 9.92. The SMILES string of the molecule is C[C@H](NC(=O)c1ccc(C(=N)N)cc1)C(=O)N1CCC(C(=O)C(=O)O)CC1. The number of benzene rings is 1. The fourth-order valence-electron chi connectivity index (χ4n) is 2.95. The van der Waals surface area contributed by atoms with Crippen molar-refractivity contribution in [3.63, 3.8) is 0 Å².